The van der Waals surface area contributed by atoms with Crippen LogP contribution in [0.2, 0.25) is 0 Å². The Hall–Kier alpha value is -1.77. The second-order valence-electron chi connectivity index (χ2n) is 5.89. The van der Waals surface area contributed by atoms with Crippen molar-refractivity contribution in [2.75, 3.05) is 5.73 Å². The first-order valence-corrected chi connectivity index (χ1v) is 7.18. The zero-order chi connectivity index (χ0) is 13.0. The largest absolute Gasteiger partial charge is 0.383 e. The lowest BCUT2D eigenvalue weighted by molar-refractivity contribution is 0.720. The molecule has 2 aromatic rings. The molecule has 1 aromatic heterocycles. The number of anilines is 1. The van der Waals surface area contributed by atoms with E-state index < -0.39 is 0 Å². The molecule has 19 heavy (non-hydrogen) atoms. The molecule has 0 unspecified atom stereocenters. The van der Waals surface area contributed by atoms with Crippen LogP contribution in [0.3, 0.4) is 0 Å². The van der Waals surface area contributed by atoms with Gasteiger partial charge in [0.1, 0.15) is 17.3 Å². The van der Waals surface area contributed by atoms with Crippen LogP contribution in [-0.2, 0) is 0 Å². The standard InChI is InChI=1S/C16H19N3/c1-10-18-15(16(17)19(10)14-8-9-14)13-6-4-12(5-7-13)11-2-3-11/h4-7,11,14H,2-3,8-9,17H2,1H3. The van der Waals surface area contributed by atoms with Crippen LogP contribution in [0.1, 0.15) is 49.0 Å². The minimum Gasteiger partial charge on any atom is -0.383 e. The fourth-order valence-corrected chi connectivity index (χ4v) is 2.90. The van der Waals surface area contributed by atoms with E-state index in [1.807, 2.05) is 0 Å². The molecule has 0 aliphatic heterocycles. The highest BCUT2D eigenvalue weighted by Gasteiger charge is 2.29. The van der Waals surface area contributed by atoms with Crippen molar-refractivity contribution in [1.29, 1.82) is 0 Å². The Balaban J connectivity index is 1.72. The number of nitrogens with two attached hydrogens (primary N) is 1. The SMILES string of the molecule is Cc1nc(-c2ccc(C3CC3)cc2)c(N)n1C1CC1. The van der Waals surface area contributed by atoms with Crippen LogP contribution in [0.15, 0.2) is 24.3 Å². The third kappa shape index (κ3) is 1.84. The molecule has 4 rings (SSSR count). The summed E-state index contributed by atoms with van der Waals surface area (Å²) in [5.74, 6) is 2.68. The van der Waals surface area contributed by atoms with Gasteiger partial charge in [-0.05, 0) is 44.1 Å². The number of nitrogen functional groups attached to an aromatic ring is 1. The quantitative estimate of drug-likeness (QED) is 0.907. The Bertz CT molecular complexity index is 616. The number of benzene rings is 1. The van der Waals surface area contributed by atoms with Crippen molar-refractivity contribution in [1.82, 2.24) is 9.55 Å². The minimum atomic E-state index is 0.590. The van der Waals surface area contributed by atoms with E-state index in [4.69, 9.17) is 5.73 Å². The maximum Gasteiger partial charge on any atom is 0.131 e. The highest BCUT2D eigenvalue weighted by Crippen LogP contribution is 2.42. The summed E-state index contributed by atoms with van der Waals surface area (Å²) in [7, 11) is 0. The third-order valence-electron chi connectivity index (χ3n) is 4.27. The fourth-order valence-electron chi connectivity index (χ4n) is 2.90. The van der Waals surface area contributed by atoms with Crippen LogP contribution in [-0.4, -0.2) is 9.55 Å². The first kappa shape index (κ1) is 11.1. The van der Waals surface area contributed by atoms with Gasteiger partial charge in [0, 0.05) is 11.6 Å². The van der Waals surface area contributed by atoms with Gasteiger partial charge in [0.15, 0.2) is 0 Å². The van der Waals surface area contributed by atoms with Gasteiger partial charge in [0.2, 0.25) is 0 Å². The van der Waals surface area contributed by atoms with E-state index in [2.05, 4.69) is 40.7 Å². The van der Waals surface area contributed by atoms with Crippen molar-refractivity contribution >= 4 is 5.82 Å². The Kier molecular flexibility index (Phi) is 2.25. The van der Waals surface area contributed by atoms with E-state index in [1.54, 1.807) is 0 Å². The van der Waals surface area contributed by atoms with Crippen LogP contribution in [0.5, 0.6) is 0 Å². The van der Waals surface area contributed by atoms with Crippen molar-refractivity contribution in [3.63, 3.8) is 0 Å². The van der Waals surface area contributed by atoms with Crippen LogP contribution >= 0.6 is 0 Å². The van der Waals surface area contributed by atoms with Crippen molar-refractivity contribution in [2.45, 2.75) is 44.6 Å². The van der Waals surface area contributed by atoms with Crippen molar-refractivity contribution in [3.05, 3.63) is 35.7 Å². The summed E-state index contributed by atoms with van der Waals surface area (Å²) < 4.78 is 2.20. The number of hydrogen-bond acceptors (Lipinski definition) is 2. The predicted octanol–water partition coefficient (Wildman–Crippen LogP) is 3.65. The lowest BCUT2D eigenvalue weighted by atomic mass is 10.1. The lowest BCUT2D eigenvalue weighted by Gasteiger charge is -2.05. The van der Waals surface area contributed by atoms with Crippen LogP contribution in [0.25, 0.3) is 11.3 Å². The number of aromatic nitrogens is 2. The number of rotatable bonds is 3. The summed E-state index contributed by atoms with van der Waals surface area (Å²) in [5.41, 5.74) is 9.84. The molecule has 0 amide bonds. The highest BCUT2D eigenvalue weighted by molar-refractivity contribution is 5.71. The zero-order valence-electron chi connectivity index (χ0n) is 11.3. The molecule has 3 heteroatoms. The summed E-state index contributed by atoms with van der Waals surface area (Å²) in [6.45, 7) is 2.05. The van der Waals surface area contributed by atoms with Gasteiger partial charge in [-0.1, -0.05) is 24.3 Å². The average molecular weight is 253 g/mol. The molecular formula is C16H19N3. The molecular weight excluding hydrogens is 234 g/mol. The monoisotopic (exact) mass is 253 g/mol. The van der Waals surface area contributed by atoms with Gasteiger partial charge in [-0.3, -0.25) is 0 Å². The van der Waals surface area contributed by atoms with Gasteiger partial charge < -0.3 is 10.3 Å². The Morgan fingerprint density at radius 3 is 2.37 bits per heavy atom. The summed E-state index contributed by atoms with van der Waals surface area (Å²) in [6.07, 6.45) is 5.16. The van der Waals surface area contributed by atoms with Crippen LogP contribution < -0.4 is 5.73 Å². The zero-order valence-corrected chi connectivity index (χ0v) is 11.3. The maximum absolute atomic E-state index is 6.29. The molecule has 3 nitrogen and oxygen atoms in total. The normalized spacial score (nSPS) is 18.8. The van der Waals surface area contributed by atoms with Crippen molar-refractivity contribution in [3.8, 4) is 11.3 Å². The number of nitrogens with zero attached hydrogens (tertiary/aromatic N) is 2. The Morgan fingerprint density at radius 1 is 1.11 bits per heavy atom. The van der Waals surface area contributed by atoms with Gasteiger partial charge in [0.05, 0.1) is 0 Å². The Morgan fingerprint density at radius 2 is 1.79 bits per heavy atom. The highest BCUT2D eigenvalue weighted by atomic mass is 15.2. The maximum atomic E-state index is 6.29. The fraction of sp³-hybridized carbons (Fsp3) is 0.438. The van der Waals surface area contributed by atoms with Crippen molar-refractivity contribution < 1.29 is 0 Å². The molecule has 0 saturated heterocycles. The predicted molar refractivity (Wildman–Crippen MR) is 77.1 cm³/mol. The minimum absolute atomic E-state index is 0.590. The molecule has 2 fully saturated rings. The van der Waals surface area contributed by atoms with E-state index in [0.717, 1.165) is 28.8 Å². The molecule has 0 bridgehead atoms. The second kappa shape index (κ2) is 3.86. The molecule has 0 spiro atoms. The molecule has 2 aliphatic rings. The van der Waals surface area contributed by atoms with E-state index >= 15 is 0 Å². The summed E-state index contributed by atoms with van der Waals surface area (Å²) in [4.78, 5) is 4.67. The average Bonchev–Trinajstić information content (AvgIpc) is 3.29. The van der Waals surface area contributed by atoms with E-state index in [0.29, 0.717) is 6.04 Å². The van der Waals surface area contributed by atoms with Gasteiger partial charge >= 0.3 is 0 Å². The molecule has 2 aliphatic carbocycles. The molecule has 1 aromatic carbocycles. The van der Waals surface area contributed by atoms with Crippen LogP contribution in [0, 0.1) is 6.92 Å². The topological polar surface area (TPSA) is 43.8 Å². The van der Waals surface area contributed by atoms with E-state index in [-0.39, 0.29) is 0 Å². The van der Waals surface area contributed by atoms with E-state index in [1.165, 1.54) is 31.2 Å². The summed E-state index contributed by atoms with van der Waals surface area (Å²) >= 11 is 0. The van der Waals surface area contributed by atoms with Gasteiger partial charge in [0.25, 0.3) is 0 Å². The molecule has 1 heterocycles. The molecule has 0 radical (unpaired) electrons. The Labute approximate surface area is 113 Å². The summed E-state index contributed by atoms with van der Waals surface area (Å²) in [6, 6.07) is 9.40. The van der Waals surface area contributed by atoms with E-state index in [9.17, 15) is 0 Å². The number of hydrogen-bond donors (Lipinski definition) is 1. The van der Waals surface area contributed by atoms with Crippen LogP contribution in [0.4, 0.5) is 5.82 Å². The van der Waals surface area contributed by atoms with Crippen molar-refractivity contribution in [2.24, 2.45) is 0 Å². The van der Waals surface area contributed by atoms with Gasteiger partial charge in [-0.2, -0.15) is 0 Å². The van der Waals surface area contributed by atoms with Gasteiger partial charge in [-0.25, -0.2) is 4.98 Å². The van der Waals surface area contributed by atoms with Gasteiger partial charge in [-0.15, -0.1) is 0 Å². The smallest absolute Gasteiger partial charge is 0.131 e. The molecule has 0 atom stereocenters. The number of imidazole rings is 1. The second-order valence-corrected chi connectivity index (χ2v) is 5.89. The molecule has 2 N–H and O–H groups in total. The molecule has 98 valence electrons. The first-order chi connectivity index (χ1) is 9.24. The summed E-state index contributed by atoms with van der Waals surface area (Å²) in [5, 5.41) is 0. The first-order valence-electron chi connectivity index (χ1n) is 7.18. The molecule has 2 saturated carbocycles. The number of aryl methyl sites for hydroxylation is 1. The third-order valence-corrected chi connectivity index (χ3v) is 4.27. The lowest BCUT2D eigenvalue weighted by Crippen LogP contribution is -2.02.